The normalized spacial score (nSPS) is 13.4. The minimum absolute atomic E-state index is 0.212. The Kier molecular flexibility index (Phi) is 5.62. The summed E-state index contributed by atoms with van der Waals surface area (Å²) in [7, 11) is 1.44. The molecule has 1 aliphatic heterocycles. The highest BCUT2D eigenvalue weighted by atomic mass is 16.5. The molecule has 158 valence electrons. The van der Waals surface area contributed by atoms with Crippen LogP contribution in [-0.4, -0.2) is 44.5 Å². The van der Waals surface area contributed by atoms with Crippen LogP contribution in [0.25, 0.3) is 5.95 Å². The second kappa shape index (κ2) is 8.51. The molecule has 2 N–H and O–H groups in total. The number of nitrogens with zero attached hydrogens (tertiary/aromatic N) is 5. The topological polar surface area (TPSA) is 135 Å². The van der Waals surface area contributed by atoms with Crippen molar-refractivity contribution in [1.82, 2.24) is 25.1 Å². The average molecular weight is 420 g/mol. The van der Waals surface area contributed by atoms with E-state index < -0.39 is 6.10 Å². The van der Waals surface area contributed by atoms with Gasteiger partial charge in [0.15, 0.2) is 0 Å². The highest BCUT2D eigenvalue weighted by molar-refractivity contribution is 5.93. The van der Waals surface area contributed by atoms with Crippen LogP contribution in [0, 0.1) is 18.3 Å². The molecule has 0 fully saturated rings. The van der Waals surface area contributed by atoms with Crippen molar-refractivity contribution in [3.05, 3.63) is 64.1 Å². The van der Waals surface area contributed by atoms with E-state index in [1.807, 2.05) is 13.0 Å². The Labute approximate surface area is 178 Å². The largest absolute Gasteiger partial charge is 0.479 e. The summed E-state index contributed by atoms with van der Waals surface area (Å²) >= 11 is 0. The van der Waals surface area contributed by atoms with Crippen molar-refractivity contribution in [1.29, 1.82) is 5.26 Å². The van der Waals surface area contributed by atoms with E-state index in [9.17, 15) is 9.90 Å². The van der Waals surface area contributed by atoms with Crippen LogP contribution in [0.5, 0.6) is 5.88 Å². The lowest BCUT2D eigenvalue weighted by Crippen LogP contribution is -2.22. The SMILES string of the molecule is COc1nn(-c2ncc(CNCC(O)c3ccc4c(c3C)COC4=O)cn2)cc1C#N. The Morgan fingerprint density at radius 1 is 1.39 bits per heavy atom. The number of rotatable bonds is 7. The van der Waals surface area contributed by atoms with Gasteiger partial charge in [0.05, 0.1) is 25.0 Å². The average Bonchev–Trinajstić information content (AvgIpc) is 3.38. The summed E-state index contributed by atoms with van der Waals surface area (Å²) in [6.07, 6.45) is 4.05. The second-order valence-corrected chi connectivity index (χ2v) is 7.03. The number of cyclic esters (lactones) is 1. The summed E-state index contributed by atoms with van der Waals surface area (Å²) in [5.74, 6) is 0.204. The number of carbonyl (C=O) groups is 1. The fourth-order valence-corrected chi connectivity index (χ4v) is 3.44. The number of hydrogen-bond acceptors (Lipinski definition) is 9. The molecule has 0 radical (unpaired) electrons. The number of nitriles is 1. The minimum atomic E-state index is -0.734. The van der Waals surface area contributed by atoms with E-state index in [2.05, 4.69) is 20.4 Å². The first-order valence-corrected chi connectivity index (χ1v) is 9.55. The van der Waals surface area contributed by atoms with E-state index >= 15 is 0 Å². The van der Waals surface area contributed by atoms with Crippen molar-refractivity contribution in [3.63, 3.8) is 0 Å². The molecule has 0 saturated heterocycles. The van der Waals surface area contributed by atoms with E-state index in [4.69, 9.17) is 14.7 Å². The Morgan fingerprint density at radius 2 is 2.16 bits per heavy atom. The maximum atomic E-state index is 11.7. The molecule has 0 aliphatic carbocycles. The molecule has 1 unspecified atom stereocenters. The molecule has 3 aromatic rings. The van der Waals surface area contributed by atoms with Crippen LogP contribution in [-0.2, 0) is 17.9 Å². The van der Waals surface area contributed by atoms with E-state index in [0.717, 1.165) is 22.3 Å². The predicted octanol–water partition coefficient (Wildman–Crippen LogP) is 1.34. The molecule has 2 aromatic heterocycles. The number of carbonyl (C=O) groups excluding carboxylic acids is 1. The van der Waals surface area contributed by atoms with Gasteiger partial charge in [-0.1, -0.05) is 6.07 Å². The summed E-state index contributed by atoms with van der Waals surface area (Å²) in [6, 6.07) is 5.46. The molecule has 4 rings (SSSR count). The smallest absolute Gasteiger partial charge is 0.338 e. The lowest BCUT2D eigenvalue weighted by Gasteiger charge is -2.16. The first kappa shape index (κ1) is 20.5. The van der Waals surface area contributed by atoms with E-state index in [0.29, 0.717) is 30.2 Å². The Bertz CT molecular complexity index is 1170. The van der Waals surface area contributed by atoms with Crippen molar-refractivity contribution < 1.29 is 19.4 Å². The van der Waals surface area contributed by atoms with Crippen molar-refractivity contribution in [2.45, 2.75) is 26.2 Å². The number of hydrogen-bond donors (Lipinski definition) is 2. The molecular formula is C21H20N6O4. The fraction of sp³-hybridized carbons (Fsp3) is 0.286. The van der Waals surface area contributed by atoms with Gasteiger partial charge in [0.1, 0.15) is 18.2 Å². The fourth-order valence-electron chi connectivity index (χ4n) is 3.44. The van der Waals surface area contributed by atoms with Gasteiger partial charge >= 0.3 is 5.97 Å². The molecule has 0 bridgehead atoms. The number of aliphatic hydroxyl groups is 1. The summed E-state index contributed by atoms with van der Waals surface area (Å²) in [6.45, 7) is 2.90. The molecule has 1 aromatic carbocycles. The van der Waals surface area contributed by atoms with E-state index in [-0.39, 0.29) is 18.5 Å². The summed E-state index contributed by atoms with van der Waals surface area (Å²) in [5.41, 5.74) is 4.15. The first-order chi connectivity index (χ1) is 15.0. The van der Waals surface area contributed by atoms with Crippen LogP contribution >= 0.6 is 0 Å². The lowest BCUT2D eigenvalue weighted by molar-refractivity contribution is 0.0535. The highest BCUT2D eigenvalue weighted by Crippen LogP contribution is 2.28. The van der Waals surface area contributed by atoms with Gasteiger partial charge in [0, 0.05) is 36.6 Å². The van der Waals surface area contributed by atoms with Gasteiger partial charge in [-0.3, -0.25) is 0 Å². The van der Waals surface area contributed by atoms with Crippen molar-refractivity contribution in [2.75, 3.05) is 13.7 Å². The zero-order valence-electron chi connectivity index (χ0n) is 17.0. The number of esters is 1. The lowest BCUT2D eigenvalue weighted by atomic mass is 9.95. The van der Waals surface area contributed by atoms with Crippen LogP contribution in [0.15, 0.2) is 30.7 Å². The summed E-state index contributed by atoms with van der Waals surface area (Å²) < 4.78 is 11.5. The van der Waals surface area contributed by atoms with Crippen molar-refractivity contribution >= 4 is 5.97 Å². The molecule has 1 aliphatic rings. The molecule has 1 atom stereocenters. The van der Waals surface area contributed by atoms with Crippen molar-refractivity contribution in [3.8, 4) is 17.9 Å². The van der Waals surface area contributed by atoms with Gasteiger partial charge in [-0.05, 0) is 24.1 Å². The van der Waals surface area contributed by atoms with E-state index in [1.54, 1.807) is 24.5 Å². The van der Waals surface area contributed by atoms with Gasteiger partial charge in [0.2, 0.25) is 0 Å². The first-order valence-electron chi connectivity index (χ1n) is 9.55. The Balaban J connectivity index is 1.37. The third-order valence-electron chi connectivity index (χ3n) is 5.12. The maximum Gasteiger partial charge on any atom is 0.338 e. The van der Waals surface area contributed by atoms with Crippen LogP contribution in [0.3, 0.4) is 0 Å². The van der Waals surface area contributed by atoms with Crippen molar-refractivity contribution in [2.24, 2.45) is 0 Å². The van der Waals surface area contributed by atoms with Gasteiger partial charge < -0.3 is 19.9 Å². The Morgan fingerprint density at radius 3 is 2.84 bits per heavy atom. The molecule has 0 saturated carbocycles. The highest BCUT2D eigenvalue weighted by Gasteiger charge is 2.25. The standard InChI is InChI=1S/C21H20N6O4/c1-12-15(3-4-16-17(12)11-31-20(16)29)18(28)9-23-6-13-7-24-21(25-8-13)27-10-14(5-22)19(26-27)30-2/h3-4,7-8,10,18,23,28H,6,9,11H2,1-2H3. The molecule has 0 amide bonds. The molecule has 3 heterocycles. The number of methoxy groups -OCH3 is 1. The third-order valence-corrected chi connectivity index (χ3v) is 5.12. The molecular weight excluding hydrogens is 400 g/mol. The summed E-state index contributed by atoms with van der Waals surface area (Å²) in [5, 5.41) is 27.0. The minimum Gasteiger partial charge on any atom is -0.479 e. The second-order valence-electron chi connectivity index (χ2n) is 7.03. The molecule has 31 heavy (non-hydrogen) atoms. The molecule has 0 spiro atoms. The van der Waals surface area contributed by atoms with Crippen LogP contribution in [0.4, 0.5) is 0 Å². The van der Waals surface area contributed by atoms with Gasteiger partial charge in [-0.25, -0.2) is 19.4 Å². The zero-order valence-corrected chi connectivity index (χ0v) is 17.0. The summed E-state index contributed by atoms with van der Waals surface area (Å²) in [4.78, 5) is 20.2. The number of nitrogens with one attached hydrogen (secondary N) is 1. The number of aliphatic hydroxyl groups excluding tert-OH is 1. The van der Waals surface area contributed by atoms with E-state index in [1.165, 1.54) is 18.0 Å². The van der Waals surface area contributed by atoms with Crippen LogP contribution < -0.4 is 10.1 Å². The van der Waals surface area contributed by atoms with Crippen LogP contribution in [0.1, 0.15) is 44.3 Å². The molecule has 10 heteroatoms. The monoisotopic (exact) mass is 420 g/mol. The van der Waals surface area contributed by atoms with Gasteiger partial charge in [-0.2, -0.15) is 5.26 Å². The predicted molar refractivity (Wildman–Crippen MR) is 107 cm³/mol. The third kappa shape index (κ3) is 3.96. The van der Waals surface area contributed by atoms with Gasteiger partial charge in [-0.15, -0.1) is 5.10 Å². The van der Waals surface area contributed by atoms with Gasteiger partial charge in [0.25, 0.3) is 11.8 Å². The quantitative estimate of drug-likeness (QED) is 0.543. The van der Waals surface area contributed by atoms with Crippen LogP contribution in [0.2, 0.25) is 0 Å². The zero-order chi connectivity index (χ0) is 22.0. The number of aromatic nitrogens is 4. The number of benzene rings is 1. The number of ether oxygens (including phenoxy) is 2. The maximum absolute atomic E-state index is 11.7. The number of fused-ring (bicyclic) bond motifs is 1. The Hall–Kier alpha value is -3.81. The molecule has 10 nitrogen and oxygen atoms in total.